The predicted octanol–water partition coefficient (Wildman–Crippen LogP) is 2.57. The summed E-state index contributed by atoms with van der Waals surface area (Å²) in [6, 6.07) is 13.5. The van der Waals surface area contributed by atoms with Gasteiger partial charge in [-0.25, -0.2) is 33.9 Å². The van der Waals surface area contributed by atoms with Crippen LogP contribution < -0.4 is 27.0 Å². The van der Waals surface area contributed by atoms with Gasteiger partial charge < -0.3 is 51.2 Å². The molecule has 0 spiro atoms. The van der Waals surface area contributed by atoms with Crippen molar-refractivity contribution in [3.05, 3.63) is 72.3 Å². The number of imidazole rings is 1. The summed E-state index contributed by atoms with van der Waals surface area (Å²) in [5.41, 5.74) is 9.53. The second-order valence-electron chi connectivity index (χ2n) is 15.7. The lowest BCUT2D eigenvalue weighted by Gasteiger charge is -2.22. The highest BCUT2D eigenvalue weighted by Gasteiger charge is 2.46. The number of phosphoric acid groups is 1. The van der Waals surface area contributed by atoms with Crippen molar-refractivity contribution in [3.63, 3.8) is 0 Å². The minimum absolute atomic E-state index is 0.0699. The quantitative estimate of drug-likeness (QED) is 0.0404. The van der Waals surface area contributed by atoms with E-state index in [4.69, 9.17) is 24.3 Å². The number of hydrogen-bond donors (Lipinski definition) is 8. The maximum Gasteiger partial charge on any atom is 0.529 e. The molecular weight excluding hydrogens is 862 g/mol. The first-order valence-electron chi connectivity index (χ1n) is 20.6. The summed E-state index contributed by atoms with van der Waals surface area (Å²) in [6.45, 7) is -0.524. The number of unbranched alkanes of at least 4 members (excludes halogenated alkanes) is 2. The van der Waals surface area contributed by atoms with Crippen molar-refractivity contribution >= 4 is 60.6 Å². The van der Waals surface area contributed by atoms with Gasteiger partial charge in [-0.1, -0.05) is 55.0 Å². The number of fused-ring (bicyclic) bond motifs is 5. The van der Waals surface area contributed by atoms with Gasteiger partial charge in [-0.3, -0.25) is 18.8 Å². The zero-order valence-corrected chi connectivity index (χ0v) is 35.5. The van der Waals surface area contributed by atoms with Crippen LogP contribution in [-0.2, 0) is 32.7 Å². The minimum Gasteiger partial charge on any atom is -0.436 e. The van der Waals surface area contributed by atoms with E-state index in [0.29, 0.717) is 24.5 Å². The fourth-order valence-electron chi connectivity index (χ4n) is 8.36. The van der Waals surface area contributed by atoms with E-state index in [9.17, 15) is 38.8 Å². The maximum absolute atomic E-state index is 13.5. The molecule has 0 radical (unpaired) electrons. The summed E-state index contributed by atoms with van der Waals surface area (Å²) in [6.07, 6.45) is -1.80. The lowest BCUT2D eigenvalue weighted by atomic mass is 10.0. The average Bonchev–Trinajstić information content (AvgIpc) is 4.08. The molecule has 2 aromatic heterocycles. The Hall–Kier alpha value is -5.35. The fraction of sp³-hybridized carbons (Fsp3) is 0.475. The predicted molar refractivity (Wildman–Crippen MR) is 225 cm³/mol. The van der Waals surface area contributed by atoms with Crippen molar-refractivity contribution < 1.29 is 57.4 Å². The second kappa shape index (κ2) is 19.2. The third-order valence-electron chi connectivity index (χ3n) is 11.5. The number of urea groups is 1. The number of aromatic nitrogens is 4. The SMILES string of the molecule is Nc1ncnc2c1ncn2C1OC(COP(=O)(O)OC(=O)[C@@H](CCCCNC(=O)CCCC[C@@H]2SCC3NC(=O)NC32)NC(=O)OC2c3ccccc3-c3ccccc32)C(O)C1O. The van der Waals surface area contributed by atoms with Gasteiger partial charge in [0.1, 0.15) is 36.2 Å². The molecule has 0 saturated carbocycles. The van der Waals surface area contributed by atoms with E-state index in [-0.39, 0.29) is 60.4 Å². The number of nitrogens with one attached hydrogen (secondary N) is 4. The van der Waals surface area contributed by atoms with Gasteiger partial charge in [0.25, 0.3) is 0 Å². The van der Waals surface area contributed by atoms with Crippen molar-refractivity contribution in [2.75, 3.05) is 24.6 Å². The summed E-state index contributed by atoms with van der Waals surface area (Å²) in [5.74, 6) is -0.495. The number of aliphatic hydroxyl groups excluding tert-OH is 2. The Morgan fingerprint density at radius 1 is 1.00 bits per heavy atom. The third kappa shape index (κ3) is 9.91. The number of ether oxygens (including phenoxy) is 2. The summed E-state index contributed by atoms with van der Waals surface area (Å²) in [7, 11) is -5.22. The zero-order valence-electron chi connectivity index (χ0n) is 33.8. The Morgan fingerprint density at radius 2 is 1.75 bits per heavy atom. The van der Waals surface area contributed by atoms with E-state index >= 15 is 0 Å². The van der Waals surface area contributed by atoms with Crippen molar-refractivity contribution in [2.24, 2.45) is 0 Å². The lowest BCUT2D eigenvalue weighted by Crippen LogP contribution is -2.42. The van der Waals surface area contributed by atoms with Gasteiger partial charge in [-0.2, -0.15) is 11.8 Å². The Labute approximate surface area is 364 Å². The topological polar surface area (TPSA) is 301 Å². The fourth-order valence-corrected chi connectivity index (χ4v) is 10.6. The Balaban J connectivity index is 0.846. The largest absolute Gasteiger partial charge is 0.529 e. The van der Waals surface area contributed by atoms with E-state index in [0.717, 1.165) is 40.8 Å². The molecule has 23 heteroatoms. The van der Waals surface area contributed by atoms with Crippen LogP contribution in [0.2, 0.25) is 0 Å². The molecule has 4 aliphatic rings. The maximum atomic E-state index is 13.5. The monoisotopic (exact) mass is 909 g/mol. The van der Waals surface area contributed by atoms with Crippen LogP contribution >= 0.6 is 19.6 Å². The minimum atomic E-state index is -5.22. The van der Waals surface area contributed by atoms with Gasteiger partial charge in [0.15, 0.2) is 23.8 Å². The Morgan fingerprint density at radius 3 is 2.51 bits per heavy atom. The number of nitrogen functional groups attached to an aromatic ring is 1. The first kappa shape index (κ1) is 44.3. The number of aliphatic hydroxyl groups is 2. The first-order chi connectivity index (χ1) is 30.4. The molecule has 336 valence electrons. The summed E-state index contributed by atoms with van der Waals surface area (Å²) < 4.78 is 36.1. The molecule has 7 unspecified atom stereocenters. The van der Waals surface area contributed by atoms with Gasteiger partial charge in [-0.05, 0) is 43.2 Å². The first-order valence-corrected chi connectivity index (χ1v) is 23.2. The molecule has 4 amide bonds. The van der Waals surface area contributed by atoms with Gasteiger partial charge >= 0.3 is 25.9 Å². The van der Waals surface area contributed by atoms with E-state index in [1.165, 1.54) is 17.2 Å². The number of carbonyl (C=O) groups excluding carboxylic acids is 4. The van der Waals surface area contributed by atoms with Crippen LogP contribution in [0.3, 0.4) is 0 Å². The molecule has 4 aromatic rings. The van der Waals surface area contributed by atoms with Gasteiger partial charge in [0.2, 0.25) is 5.91 Å². The third-order valence-corrected chi connectivity index (χ3v) is 13.9. The summed E-state index contributed by atoms with van der Waals surface area (Å²) >= 11 is 1.82. The summed E-state index contributed by atoms with van der Waals surface area (Å²) in [5, 5.41) is 33.1. The molecule has 9 N–H and O–H groups in total. The van der Waals surface area contributed by atoms with Crippen LogP contribution in [0, 0.1) is 0 Å². The molecule has 2 aromatic carbocycles. The molecule has 1 aliphatic carbocycles. The standard InChI is InChI=1S/C40H48N9O12PS/c41-35-31-36(44-19-43-35)49(20-45-31)37-33(52)32(51)27(59-37)17-58-62(56,57)61-38(53)25(47-40(55)60-34-23-11-3-1-9-21(23)22-10-2-4-12-24(22)34)13-7-8-16-42-29(50)15-6-5-14-28-30-26(18-63-28)46-39(54)48-30/h1-4,9-12,19-20,25-28,30,32-34,37,51-52H,5-8,13-18H2,(H,42,50)(H,47,55)(H,56,57)(H2,41,43,44)(H2,46,48,54)/t25-,26?,27?,28+,30?,32?,33?,37?/m1/s1. The van der Waals surface area contributed by atoms with Crippen LogP contribution in [0.25, 0.3) is 22.3 Å². The number of hydrogen-bond acceptors (Lipinski definition) is 16. The second-order valence-corrected chi connectivity index (χ2v) is 18.3. The number of nitrogens with zero attached hydrogens (tertiary/aromatic N) is 4. The number of benzene rings is 2. The molecule has 63 heavy (non-hydrogen) atoms. The van der Waals surface area contributed by atoms with Crippen LogP contribution in [0.1, 0.15) is 68.4 Å². The van der Waals surface area contributed by atoms with Crippen molar-refractivity contribution in [1.82, 2.24) is 40.8 Å². The van der Waals surface area contributed by atoms with Crippen molar-refractivity contribution in [1.29, 1.82) is 0 Å². The molecular formula is C40H48N9O12PS. The number of amides is 4. The molecule has 0 bridgehead atoms. The van der Waals surface area contributed by atoms with Gasteiger partial charge in [0.05, 0.1) is 25.0 Å². The molecule has 8 rings (SSSR count). The number of phosphoric ester groups is 1. The average molecular weight is 910 g/mol. The number of alkyl carbamates (subject to hydrolysis) is 1. The molecule has 3 fully saturated rings. The highest BCUT2D eigenvalue weighted by Crippen LogP contribution is 2.46. The molecule has 3 saturated heterocycles. The van der Waals surface area contributed by atoms with Gasteiger partial charge in [-0.15, -0.1) is 0 Å². The zero-order chi connectivity index (χ0) is 44.3. The Kier molecular flexibility index (Phi) is 13.5. The highest BCUT2D eigenvalue weighted by atomic mass is 32.2. The molecule has 3 aliphatic heterocycles. The molecule has 9 atom stereocenters. The Bertz CT molecular complexity index is 2350. The highest BCUT2D eigenvalue weighted by molar-refractivity contribution is 8.00. The van der Waals surface area contributed by atoms with E-state index in [1.807, 2.05) is 60.3 Å². The molecule has 21 nitrogen and oxygen atoms in total. The van der Waals surface area contributed by atoms with Crippen LogP contribution in [0.4, 0.5) is 15.4 Å². The van der Waals surface area contributed by atoms with Gasteiger partial charge in [0, 0.05) is 35.1 Å². The summed E-state index contributed by atoms with van der Waals surface area (Å²) in [4.78, 5) is 74.0. The smallest absolute Gasteiger partial charge is 0.436 e. The van der Waals surface area contributed by atoms with E-state index < -0.39 is 63.2 Å². The van der Waals surface area contributed by atoms with Crippen LogP contribution in [0.5, 0.6) is 0 Å². The number of nitrogens with two attached hydrogens (primary N) is 1. The van der Waals surface area contributed by atoms with Crippen molar-refractivity contribution in [3.8, 4) is 11.1 Å². The number of thioether (sulfide) groups is 1. The molecule has 5 heterocycles. The van der Waals surface area contributed by atoms with E-state index in [1.54, 1.807) is 0 Å². The van der Waals surface area contributed by atoms with Crippen LogP contribution in [0.15, 0.2) is 61.2 Å². The van der Waals surface area contributed by atoms with Crippen molar-refractivity contribution in [2.45, 2.75) is 99.0 Å². The normalized spacial score (nSPS) is 25.0. The van der Waals surface area contributed by atoms with E-state index in [2.05, 4.69) is 36.2 Å². The number of rotatable bonds is 18. The van der Waals surface area contributed by atoms with Crippen LogP contribution in [-0.4, -0.2) is 119 Å². The number of carbonyl (C=O) groups is 4. The number of anilines is 1. The lowest BCUT2D eigenvalue weighted by molar-refractivity contribution is -0.139.